The minimum Gasteiger partial charge on any atom is -0.399 e. The zero-order chi connectivity index (χ0) is 12.5. The van der Waals surface area contributed by atoms with Crippen LogP contribution in [0.4, 0.5) is 11.6 Å². The number of nitrogen functional groups attached to an aromatic ring is 1. The third-order valence-corrected chi connectivity index (χ3v) is 4.19. The molecule has 0 radical (unpaired) electrons. The van der Waals surface area contributed by atoms with Crippen molar-refractivity contribution in [3.63, 3.8) is 0 Å². The van der Waals surface area contributed by atoms with Crippen molar-refractivity contribution in [1.29, 1.82) is 0 Å². The van der Waals surface area contributed by atoms with Gasteiger partial charge in [0.25, 0.3) is 0 Å². The summed E-state index contributed by atoms with van der Waals surface area (Å²) in [6.45, 7) is 0.756. The highest BCUT2D eigenvalue weighted by atomic mass is 79.9. The van der Waals surface area contributed by atoms with E-state index in [0.717, 1.165) is 33.0 Å². The quantitative estimate of drug-likeness (QED) is 0.646. The topological polar surface area (TPSA) is 66.7 Å². The van der Waals surface area contributed by atoms with E-state index in [4.69, 9.17) is 5.73 Å². The molecule has 0 aliphatic rings. The predicted octanol–water partition coefficient (Wildman–Crippen LogP) is 3.58. The predicted molar refractivity (Wildman–Crippen MR) is 79.9 cm³/mol. The summed E-state index contributed by atoms with van der Waals surface area (Å²) >= 11 is 5.16. The molecule has 18 heavy (non-hydrogen) atoms. The van der Waals surface area contributed by atoms with E-state index < -0.39 is 0 Å². The Morgan fingerprint density at radius 1 is 1.33 bits per heavy atom. The fourth-order valence-corrected chi connectivity index (χ4v) is 3.15. The van der Waals surface area contributed by atoms with Crippen molar-refractivity contribution in [3.8, 4) is 0 Å². The lowest BCUT2D eigenvalue weighted by Crippen LogP contribution is -1.98. The van der Waals surface area contributed by atoms with Crippen LogP contribution in [0.5, 0.6) is 0 Å². The summed E-state index contributed by atoms with van der Waals surface area (Å²) in [5, 5.41) is 3.27. The number of aromatic amines is 1. The summed E-state index contributed by atoms with van der Waals surface area (Å²) in [6.07, 6.45) is 0. The Morgan fingerprint density at radius 3 is 3.00 bits per heavy atom. The van der Waals surface area contributed by atoms with Crippen LogP contribution in [0, 0.1) is 0 Å². The van der Waals surface area contributed by atoms with Crippen molar-refractivity contribution in [3.05, 3.63) is 39.0 Å². The highest BCUT2D eigenvalue weighted by Crippen LogP contribution is 2.23. The number of nitrogens with two attached hydrogens (primary N) is 1. The van der Waals surface area contributed by atoms with E-state index in [1.165, 1.54) is 4.88 Å². The van der Waals surface area contributed by atoms with Crippen LogP contribution in [0.3, 0.4) is 0 Å². The SMILES string of the molecule is Nc1ccc2nc(NCc3ccc(Br)s3)[nH]c2c1. The fraction of sp³-hybridized carbons (Fsp3) is 0.0833. The molecule has 2 heterocycles. The lowest BCUT2D eigenvalue weighted by Gasteiger charge is -1.98. The molecule has 3 rings (SSSR count). The van der Waals surface area contributed by atoms with E-state index in [0.29, 0.717) is 0 Å². The summed E-state index contributed by atoms with van der Waals surface area (Å²) in [5.74, 6) is 0.764. The number of halogens is 1. The number of anilines is 2. The number of nitrogens with one attached hydrogen (secondary N) is 2. The van der Waals surface area contributed by atoms with Gasteiger partial charge in [0, 0.05) is 10.6 Å². The number of fused-ring (bicyclic) bond motifs is 1. The van der Waals surface area contributed by atoms with E-state index >= 15 is 0 Å². The van der Waals surface area contributed by atoms with Crippen molar-refractivity contribution in [1.82, 2.24) is 9.97 Å². The molecule has 2 aromatic heterocycles. The van der Waals surface area contributed by atoms with Crippen molar-refractivity contribution in [2.75, 3.05) is 11.1 Å². The molecule has 3 aromatic rings. The molecule has 0 saturated heterocycles. The minimum absolute atomic E-state index is 0.736. The van der Waals surface area contributed by atoms with Gasteiger partial charge in [-0.05, 0) is 46.3 Å². The molecule has 0 atom stereocenters. The highest BCUT2D eigenvalue weighted by molar-refractivity contribution is 9.11. The van der Waals surface area contributed by atoms with E-state index in [1.807, 2.05) is 24.3 Å². The Morgan fingerprint density at radius 2 is 2.22 bits per heavy atom. The Hall–Kier alpha value is -1.53. The lowest BCUT2D eigenvalue weighted by atomic mass is 10.3. The molecule has 0 bridgehead atoms. The van der Waals surface area contributed by atoms with Gasteiger partial charge >= 0.3 is 0 Å². The first-order chi connectivity index (χ1) is 8.70. The van der Waals surface area contributed by atoms with Crippen LogP contribution in [-0.2, 0) is 6.54 Å². The number of H-pyrrole nitrogens is 1. The molecule has 0 aliphatic heterocycles. The molecule has 0 fully saturated rings. The number of rotatable bonds is 3. The van der Waals surface area contributed by atoms with Gasteiger partial charge < -0.3 is 16.0 Å². The van der Waals surface area contributed by atoms with Gasteiger partial charge in [0.2, 0.25) is 5.95 Å². The van der Waals surface area contributed by atoms with Crippen LogP contribution in [0.15, 0.2) is 34.1 Å². The van der Waals surface area contributed by atoms with Gasteiger partial charge in [-0.3, -0.25) is 0 Å². The normalized spacial score (nSPS) is 10.9. The average molecular weight is 323 g/mol. The van der Waals surface area contributed by atoms with Gasteiger partial charge in [-0.2, -0.15) is 0 Å². The van der Waals surface area contributed by atoms with Crippen LogP contribution in [0.25, 0.3) is 11.0 Å². The number of aromatic nitrogens is 2. The molecule has 0 aliphatic carbocycles. The molecule has 0 saturated carbocycles. The highest BCUT2D eigenvalue weighted by Gasteiger charge is 2.03. The summed E-state index contributed by atoms with van der Waals surface area (Å²) in [4.78, 5) is 8.90. The zero-order valence-electron chi connectivity index (χ0n) is 9.40. The molecular formula is C12H11BrN4S. The first-order valence-corrected chi connectivity index (χ1v) is 7.05. The van der Waals surface area contributed by atoms with Crippen LogP contribution in [0.2, 0.25) is 0 Å². The van der Waals surface area contributed by atoms with Crippen LogP contribution >= 0.6 is 27.3 Å². The first-order valence-electron chi connectivity index (χ1n) is 5.44. The number of imidazole rings is 1. The number of benzene rings is 1. The molecule has 4 N–H and O–H groups in total. The fourth-order valence-electron chi connectivity index (χ4n) is 1.73. The summed E-state index contributed by atoms with van der Waals surface area (Å²) in [7, 11) is 0. The van der Waals surface area contributed by atoms with Crippen LogP contribution < -0.4 is 11.1 Å². The maximum atomic E-state index is 5.73. The summed E-state index contributed by atoms with van der Waals surface area (Å²) in [6, 6.07) is 9.77. The second-order valence-corrected chi connectivity index (χ2v) is 6.47. The molecule has 92 valence electrons. The van der Waals surface area contributed by atoms with Gasteiger partial charge in [-0.1, -0.05) is 0 Å². The molecule has 0 unspecified atom stereocenters. The van der Waals surface area contributed by atoms with Gasteiger partial charge in [0.1, 0.15) is 0 Å². The molecule has 6 heteroatoms. The molecule has 1 aromatic carbocycles. The Balaban J connectivity index is 1.78. The van der Waals surface area contributed by atoms with Gasteiger partial charge in [0.15, 0.2) is 0 Å². The third-order valence-electron chi connectivity index (χ3n) is 2.56. The van der Waals surface area contributed by atoms with E-state index in [-0.39, 0.29) is 0 Å². The molecule has 0 amide bonds. The number of hydrogen-bond donors (Lipinski definition) is 3. The maximum absolute atomic E-state index is 5.73. The van der Waals surface area contributed by atoms with Crippen LogP contribution in [-0.4, -0.2) is 9.97 Å². The van der Waals surface area contributed by atoms with E-state index in [9.17, 15) is 0 Å². The Labute approximate surface area is 116 Å². The van der Waals surface area contributed by atoms with Crippen molar-refractivity contribution in [2.45, 2.75) is 6.54 Å². The van der Waals surface area contributed by atoms with Gasteiger partial charge in [-0.15, -0.1) is 11.3 Å². The second kappa shape index (κ2) is 4.62. The Kier molecular flexibility index (Phi) is 2.97. The number of nitrogens with zero attached hydrogens (tertiary/aromatic N) is 1. The third kappa shape index (κ3) is 2.34. The monoisotopic (exact) mass is 322 g/mol. The molecule has 0 spiro atoms. The largest absolute Gasteiger partial charge is 0.399 e. The summed E-state index contributed by atoms with van der Waals surface area (Å²) in [5.41, 5.74) is 8.33. The van der Waals surface area contributed by atoms with E-state index in [2.05, 4.69) is 37.3 Å². The van der Waals surface area contributed by atoms with Gasteiger partial charge in [-0.25, -0.2) is 4.98 Å². The maximum Gasteiger partial charge on any atom is 0.201 e. The minimum atomic E-state index is 0.736. The molecular weight excluding hydrogens is 312 g/mol. The van der Waals surface area contributed by atoms with Gasteiger partial charge in [0.05, 0.1) is 21.4 Å². The van der Waals surface area contributed by atoms with Crippen molar-refractivity contribution >= 4 is 49.9 Å². The second-order valence-electron chi connectivity index (χ2n) is 3.92. The zero-order valence-corrected chi connectivity index (χ0v) is 11.8. The van der Waals surface area contributed by atoms with Crippen molar-refractivity contribution in [2.24, 2.45) is 0 Å². The standard InChI is InChI=1S/C12H11BrN4S/c13-11-4-2-8(18-11)6-15-12-16-9-3-1-7(14)5-10(9)17-12/h1-5H,6,14H2,(H2,15,16,17). The Bertz CT molecular complexity index is 688. The average Bonchev–Trinajstić information content (AvgIpc) is 2.92. The van der Waals surface area contributed by atoms with E-state index in [1.54, 1.807) is 11.3 Å². The van der Waals surface area contributed by atoms with Crippen LogP contribution in [0.1, 0.15) is 4.88 Å². The lowest BCUT2D eigenvalue weighted by molar-refractivity contribution is 1.13. The van der Waals surface area contributed by atoms with Crippen molar-refractivity contribution < 1.29 is 0 Å². The smallest absolute Gasteiger partial charge is 0.201 e. The molecule has 4 nitrogen and oxygen atoms in total. The number of hydrogen-bond acceptors (Lipinski definition) is 4. The first kappa shape index (κ1) is 11.6. The summed E-state index contributed by atoms with van der Waals surface area (Å²) < 4.78 is 1.14. The number of thiophene rings is 1.